The van der Waals surface area contributed by atoms with Crippen molar-refractivity contribution in [3.63, 3.8) is 0 Å². The van der Waals surface area contributed by atoms with E-state index in [-0.39, 0.29) is 24.0 Å². The van der Waals surface area contributed by atoms with Gasteiger partial charge in [0.2, 0.25) is 11.8 Å². The van der Waals surface area contributed by atoms with Crippen molar-refractivity contribution in [2.24, 2.45) is 5.73 Å². The zero-order valence-electron chi connectivity index (χ0n) is 14.7. The van der Waals surface area contributed by atoms with Gasteiger partial charge in [-0.1, -0.05) is 6.07 Å². The zero-order valence-corrected chi connectivity index (χ0v) is 14.7. The van der Waals surface area contributed by atoms with Gasteiger partial charge in [-0.25, -0.2) is 0 Å². The van der Waals surface area contributed by atoms with Crippen molar-refractivity contribution in [1.29, 1.82) is 0 Å². The summed E-state index contributed by atoms with van der Waals surface area (Å²) in [7, 11) is 0. The Kier molecular flexibility index (Phi) is 4.32. The average molecular weight is 361 g/mol. The van der Waals surface area contributed by atoms with Crippen molar-refractivity contribution in [3.05, 3.63) is 71.2 Å². The summed E-state index contributed by atoms with van der Waals surface area (Å²) >= 11 is 0. The lowest BCUT2D eigenvalue weighted by molar-refractivity contribution is -0.119. The molecule has 136 valence electrons. The molecule has 27 heavy (non-hydrogen) atoms. The predicted molar refractivity (Wildman–Crippen MR) is 99.9 cm³/mol. The number of carbonyl (C=O) groups is 3. The number of aromatic nitrogens is 1. The van der Waals surface area contributed by atoms with E-state index in [9.17, 15) is 14.4 Å². The molecule has 1 aliphatic heterocycles. The molecule has 1 aromatic carbocycles. The van der Waals surface area contributed by atoms with Crippen LogP contribution in [0.4, 0.5) is 5.69 Å². The highest BCUT2D eigenvalue weighted by Crippen LogP contribution is 2.43. The molecule has 2 amide bonds. The first-order chi connectivity index (χ1) is 13.1. The molecule has 0 bridgehead atoms. The number of nitrogens with zero attached hydrogens (tertiary/aromatic N) is 2. The third kappa shape index (κ3) is 3.03. The molecule has 2 heterocycles. The molecule has 0 fully saturated rings. The van der Waals surface area contributed by atoms with Crippen LogP contribution in [0.25, 0.3) is 0 Å². The van der Waals surface area contributed by atoms with E-state index in [2.05, 4.69) is 4.98 Å². The summed E-state index contributed by atoms with van der Waals surface area (Å²) in [5.74, 6) is -0.744. The molecular weight excluding hydrogens is 342 g/mol. The average Bonchev–Trinajstić information content (AvgIpc) is 2.68. The SMILES string of the molecule is NC(=O)c1ccc(N2C(=O)CC(c3cccnc3)C3=C2CCCC3=O)cc1. The summed E-state index contributed by atoms with van der Waals surface area (Å²) < 4.78 is 0. The number of amides is 2. The van der Waals surface area contributed by atoms with E-state index in [1.807, 2.05) is 12.1 Å². The molecule has 4 rings (SSSR count). The minimum Gasteiger partial charge on any atom is -0.366 e. The molecule has 0 saturated heterocycles. The van der Waals surface area contributed by atoms with E-state index in [1.54, 1.807) is 41.6 Å². The fourth-order valence-electron chi connectivity index (χ4n) is 3.93. The van der Waals surface area contributed by atoms with Gasteiger partial charge in [0.1, 0.15) is 0 Å². The summed E-state index contributed by atoms with van der Waals surface area (Å²) in [6.07, 6.45) is 5.51. The lowest BCUT2D eigenvalue weighted by atomic mass is 9.77. The summed E-state index contributed by atoms with van der Waals surface area (Å²) in [5.41, 5.74) is 8.70. The molecule has 2 aliphatic rings. The number of Topliss-reactive ketones (excluding diaryl/α,β-unsaturated/α-hetero) is 1. The number of pyridine rings is 1. The second-order valence-electron chi connectivity index (χ2n) is 6.82. The fourth-order valence-corrected chi connectivity index (χ4v) is 3.93. The topological polar surface area (TPSA) is 93.4 Å². The largest absolute Gasteiger partial charge is 0.366 e. The van der Waals surface area contributed by atoms with Crippen LogP contribution in [-0.4, -0.2) is 22.6 Å². The van der Waals surface area contributed by atoms with Crippen LogP contribution in [0.2, 0.25) is 0 Å². The second-order valence-corrected chi connectivity index (χ2v) is 6.82. The first-order valence-corrected chi connectivity index (χ1v) is 8.95. The van der Waals surface area contributed by atoms with Gasteiger partial charge in [-0.15, -0.1) is 0 Å². The molecule has 6 nitrogen and oxygen atoms in total. The zero-order chi connectivity index (χ0) is 19.0. The predicted octanol–water partition coefficient (Wildman–Crippen LogP) is 2.71. The van der Waals surface area contributed by atoms with Crippen LogP contribution in [0.1, 0.15) is 47.5 Å². The maximum absolute atomic E-state index is 13.0. The van der Waals surface area contributed by atoms with Crippen LogP contribution in [0.15, 0.2) is 60.1 Å². The highest BCUT2D eigenvalue weighted by molar-refractivity contribution is 6.07. The van der Waals surface area contributed by atoms with Gasteiger partial charge in [0, 0.05) is 53.7 Å². The molecule has 0 spiro atoms. The van der Waals surface area contributed by atoms with Crippen LogP contribution in [-0.2, 0) is 9.59 Å². The highest BCUT2D eigenvalue weighted by atomic mass is 16.2. The Morgan fingerprint density at radius 3 is 2.56 bits per heavy atom. The summed E-state index contributed by atoms with van der Waals surface area (Å²) in [5, 5.41) is 0. The van der Waals surface area contributed by atoms with Gasteiger partial charge >= 0.3 is 0 Å². The number of allylic oxidation sites excluding steroid dienone is 2. The quantitative estimate of drug-likeness (QED) is 0.909. The monoisotopic (exact) mass is 361 g/mol. The van der Waals surface area contributed by atoms with Gasteiger partial charge in [-0.05, 0) is 48.7 Å². The van der Waals surface area contributed by atoms with Crippen molar-refractivity contribution in [1.82, 2.24) is 4.98 Å². The van der Waals surface area contributed by atoms with E-state index >= 15 is 0 Å². The molecule has 2 N–H and O–H groups in total. The van der Waals surface area contributed by atoms with Crippen LogP contribution in [0.3, 0.4) is 0 Å². The van der Waals surface area contributed by atoms with Crippen molar-refractivity contribution < 1.29 is 14.4 Å². The third-order valence-corrected chi connectivity index (χ3v) is 5.17. The second kappa shape index (κ2) is 6.79. The van der Waals surface area contributed by atoms with Crippen LogP contribution < -0.4 is 10.6 Å². The number of primary amides is 1. The maximum Gasteiger partial charge on any atom is 0.248 e. The van der Waals surface area contributed by atoms with Gasteiger partial charge in [-0.3, -0.25) is 24.3 Å². The first kappa shape index (κ1) is 17.1. The van der Waals surface area contributed by atoms with Crippen molar-refractivity contribution in [3.8, 4) is 0 Å². The molecule has 1 unspecified atom stereocenters. The molecule has 1 aliphatic carbocycles. The van der Waals surface area contributed by atoms with E-state index in [4.69, 9.17) is 5.73 Å². The molecule has 1 aromatic heterocycles. The molecule has 6 heteroatoms. The number of rotatable bonds is 3. The normalized spacial score (nSPS) is 19.9. The Bertz CT molecular complexity index is 948. The third-order valence-electron chi connectivity index (χ3n) is 5.17. The number of benzene rings is 1. The summed E-state index contributed by atoms with van der Waals surface area (Å²) in [6.45, 7) is 0. The Labute approximate surface area is 156 Å². The van der Waals surface area contributed by atoms with E-state index < -0.39 is 5.91 Å². The Hall–Kier alpha value is -3.28. The van der Waals surface area contributed by atoms with Gasteiger partial charge in [0.05, 0.1) is 0 Å². The number of hydrogen-bond donors (Lipinski definition) is 1. The Balaban J connectivity index is 1.81. The molecule has 2 aromatic rings. The van der Waals surface area contributed by atoms with E-state index in [0.29, 0.717) is 29.7 Å². The van der Waals surface area contributed by atoms with Crippen molar-refractivity contribution in [2.75, 3.05) is 4.90 Å². The van der Waals surface area contributed by atoms with E-state index in [1.165, 1.54) is 0 Å². The van der Waals surface area contributed by atoms with Gasteiger partial charge in [-0.2, -0.15) is 0 Å². The minimum absolute atomic E-state index is 0.0656. The summed E-state index contributed by atoms with van der Waals surface area (Å²) in [6, 6.07) is 10.3. The lowest BCUT2D eigenvalue weighted by Gasteiger charge is -2.38. The smallest absolute Gasteiger partial charge is 0.248 e. The van der Waals surface area contributed by atoms with Crippen LogP contribution >= 0.6 is 0 Å². The number of ketones is 1. The number of anilines is 1. The molecule has 0 saturated carbocycles. The molecule has 0 radical (unpaired) electrons. The van der Waals surface area contributed by atoms with Crippen LogP contribution in [0.5, 0.6) is 0 Å². The summed E-state index contributed by atoms with van der Waals surface area (Å²) in [4.78, 5) is 42.9. The Morgan fingerprint density at radius 2 is 1.89 bits per heavy atom. The first-order valence-electron chi connectivity index (χ1n) is 8.95. The lowest BCUT2D eigenvalue weighted by Crippen LogP contribution is -2.40. The maximum atomic E-state index is 13.0. The minimum atomic E-state index is -0.518. The van der Waals surface area contributed by atoms with Crippen molar-refractivity contribution >= 4 is 23.3 Å². The molecule has 1 atom stereocenters. The highest BCUT2D eigenvalue weighted by Gasteiger charge is 2.39. The van der Waals surface area contributed by atoms with Gasteiger partial charge in [0.25, 0.3) is 0 Å². The Morgan fingerprint density at radius 1 is 1.11 bits per heavy atom. The fraction of sp³-hybridized carbons (Fsp3) is 0.238. The van der Waals surface area contributed by atoms with Gasteiger partial charge in [0.15, 0.2) is 5.78 Å². The van der Waals surface area contributed by atoms with Crippen molar-refractivity contribution in [2.45, 2.75) is 31.6 Å². The van der Waals surface area contributed by atoms with Crippen LogP contribution in [0, 0.1) is 0 Å². The molecular formula is C21H19N3O3. The standard InChI is InChI=1S/C21H19N3O3/c22-21(27)13-6-8-15(9-7-13)24-17-4-1-5-18(25)20(17)16(11-19(24)26)14-3-2-10-23-12-14/h2-3,6-10,12,16H,1,4-5,11H2,(H2,22,27). The number of nitrogens with two attached hydrogens (primary N) is 1. The number of hydrogen-bond acceptors (Lipinski definition) is 4. The van der Waals surface area contributed by atoms with E-state index in [0.717, 1.165) is 17.7 Å². The van der Waals surface area contributed by atoms with Gasteiger partial charge < -0.3 is 5.73 Å². The number of carbonyl (C=O) groups excluding carboxylic acids is 3.